The summed E-state index contributed by atoms with van der Waals surface area (Å²) in [5, 5.41) is 2.63. The summed E-state index contributed by atoms with van der Waals surface area (Å²) in [6, 6.07) is 3.71. The Balaban J connectivity index is 0.00000220. The molecule has 0 bridgehead atoms. The zero-order valence-electron chi connectivity index (χ0n) is 11.5. The predicted molar refractivity (Wildman–Crippen MR) is 77.3 cm³/mol. The van der Waals surface area contributed by atoms with Gasteiger partial charge in [-0.25, -0.2) is 8.78 Å². The molecule has 0 aromatic heterocycles. The average molecular weight is 321 g/mol. The Morgan fingerprint density at radius 3 is 2.57 bits per heavy atom. The smallest absolute Gasteiger partial charge is 0.249 e. The molecule has 0 radical (unpaired) electrons. The number of amides is 1. The zero-order valence-corrected chi connectivity index (χ0v) is 12.3. The van der Waals surface area contributed by atoms with Gasteiger partial charge in [-0.15, -0.1) is 12.4 Å². The van der Waals surface area contributed by atoms with Crippen molar-refractivity contribution in [3.63, 3.8) is 0 Å². The third-order valence-electron chi connectivity index (χ3n) is 3.40. The van der Waals surface area contributed by atoms with Crippen molar-refractivity contribution >= 4 is 18.3 Å². The highest BCUT2D eigenvalue weighted by molar-refractivity contribution is 5.85. The van der Waals surface area contributed by atoms with Crippen molar-refractivity contribution in [3.8, 4) is 0 Å². The Labute approximate surface area is 128 Å². The summed E-state index contributed by atoms with van der Waals surface area (Å²) in [4.78, 5) is 11.8. The molecule has 1 aromatic rings. The Hall–Kier alpha value is -1.24. The topological polar surface area (TPSA) is 64.4 Å². The van der Waals surface area contributed by atoms with Gasteiger partial charge in [-0.3, -0.25) is 4.79 Å². The van der Waals surface area contributed by atoms with Crippen LogP contribution in [-0.2, 0) is 16.0 Å². The van der Waals surface area contributed by atoms with E-state index in [1.807, 2.05) is 0 Å². The molecular weight excluding hydrogens is 302 g/mol. The van der Waals surface area contributed by atoms with E-state index in [-0.39, 0.29) is 42.9 Å². The Morgan fingerprint density at radius 2 is 2.00 bits per heavy atom. The lowest BCUT2D eigenvalue weighted by molar-refractivity contribution is -0.131. The Bertz CT molecular complexity index is 468. The molecule has 4 nitrogen and oxygen atoms in total. The largest absolute Gasteiger partial charge is 0.364 e. The molecule has 1 saturated heterocycles. The highest BCUT2D eigenvalue weighted by Gasteiger charge is 2.29. The maximum Gasteiger partial charge on any atom is 0.249 e. The minimum Gasteiger partial charge on any atom is -0.364 e. The minimum absolute atomic E-state index is 0. The maximum absolute atomic E-state index is 13.4. The van der Waals surface area contributed by atoms with Gasteiger partial charge in [-0.1, -0.05) is 6.07 Å². The molecule has 2 atom stereocenters. The predicted octanol–water partition coefficient (Wildman–Crippen LogP) is 1.55. The number of nitrogens with two attached hydrogens (primary N) is 1. The van der Waals surface area contributed by atoms with Gasteiger partial charge < -0.3 is 15.8 Å². The number of carbonyl (C=O) groups is 1. The molecule has 0 spiro atoms. The average Bonchev–Trinajstić information content (AvgIpc) is 2.91. The molecule has 0 aliphatic carbocycles. The summed E-state index contributed by atoms with van der Waals surface area (Å²) in [5.74, 6) is -1.45. The van der Waals surface area contributed by atoms with Gasteiger partial charge in [-0.2, -0.15) is 0 Å². The van der Waals surface area contributed by atoms with Gasteiger partial charge in [-0.05, 0) is 31.4 Å². The number of hydrogen-bond donors (Lipinski definition) is 2. The van der Waals surface area contributed by atoms with Crippen LogP contribution in [0.15, 0.2) is 18.2 Å². The first-order valence-electron chi connectivity index (χ1n) is 6.68. The van der Waals surface area contributed by atoms with E-state index in [2.05, 4.69) is 5.32 Å². The minimum atomic E-state index is -0.598. The molecule has 7 heteroatoms. The number of carbonyl (C=O) groups excluding carboxylic acids is 1. The van der Waals surface area contributed by atoms with E-state index in [1.54, 1.807) is 0 Å². The molecule has 1 aliphatic heterocycles. The van der Waals surface area contributed by atoms with Crippen molar-refractivity contribution in [3.05, 3.63) is 35.4 Å². The third kappa shape index (κ3) is 4.62. The molecule has 118 valence electrons. The van der Waals surface area contributed by atoms with E-state index in [4.69, 9.17) is 10.5 Å². The maximum atomic E-state index is 13.4. The van der Waals surface area contributed by atoms with Crippen LogP contribution in [0.25, 0.3) is 0 Å². The van der Waals surface area contributed by atoms with E-state index in [0.29, 0.717) is 13.0 Å². The second-order valence-corrected chi connectivity index (χ2v) is 4.80. The lowest BCUT2D eigenvalue weighted by Crippen LogP contribution is -2.36. The Kier molecular flexibility index (Phi) is 7.01. The molecular formula is C14H19ClF2N2O2. The van der Waals surface area contributed by atoms with Crippen molar-refractivity contribution in [2.24, 2.45) is 5.73 Å². The fourth-order valence-electron chi connectivity index (χ4n) is 2.27. The van der Waals surface area contributed by atoms with Crippen LogP contribution in [0.2, 0.25) is 0 Å². The van der Waals surface area contributed by atoms with E-state index in [0.717, 1.165) is 6.42 Å². The van der Waals surface area contributed by atoms with Crippen LogP contribution >= 0.6 is 12.4 Å². The molecule has 21 heavy (non-hydrogen) atoms. The summed E-state index contributed by atoms with van der Waals surface area (Å²) in [6.07, 6.45) is 0.916. The molecule has 1 fully saturated rings. The molecule has 1 heterocycles. The molecule has 0 saturated carbocycles. The van der Waals surface area contributed by atoms with Gasteiger partial charge >= 0.3 is 0 Å². The number of hydrogen-bond acceptors (Lipinski definition) is 3. The van der Waals surface area contributed by atoms with Gasteiger partial charge in [0.1, 0.15) is 17.7 Å². The lowest BCUT2D eigenvalue weighted by Gasteiger charge is -2.13. The summed E-state index contributed by atoms with van der Waals surface area (Å²) in [5.41, 5.74) is 5.45. The van der Waals surface area contributed by atoms with Crippen molar-refractivity contribution < 1.29 is 18.3 Å². The number of nitrogens with one attached hydrogen (secondary N) is 1. The number of ether oxygens (including phenoxy) is 1. The van der Waals surface area contributed by atoms with E-state index >= 15 is 0 Å². The first kappa shape index (κ1) is 17.8. The van der Waals surface area contributed by atoms with Crippen LogP contribution in [0.3, 0.4) is 0 Å². The number of benzene rings is 1. The SMILES string of the molecule is Cl.NC[C@H]1CC[C@@H](C(=O)NCCc2c(F)cccc2F)O1. The fourth-order valence-corrected chi connectivity index (χ4v) is 2.27. The molecule has 1 aromatic carbocycles. The second-order valence-electron chi connectivity index (χ2n) is 4.80. The van der Waals surface area contributed by atoms with Crippen molar-refractivity contribution in [2.45, 2.75) is 31.5 Å². The van der Waals surface area contributed by atoms with Gasteiger partial charge in [0.15, 0.2) is 0 Å². The highest BCUT2D eigenvalue weighted by Crippen LogP contribution is 2.19. The summed E-state index contributed by atoms with van der Waals surface area (Å²) in [6.45, 7) is 0.564. The molecule has 0 unspecified atom stereocenters. The monoisotopic (exact) mass is 320 g/mol. The van der Waals surface area contributed by atoms with Crippen LogP contribution in [0, 0.1) is 11.6 Å². The zero-order chi connectivity index (χ0) is 14.5. The quantitative estimate of drug-likeness (QED) is 0.865. The van der Waals surface area contributed by atoms with Crippen molar-refractivity contribution in [1.29, 1.82) is 0 Å². The molecule has 1 amide bonds. The molecule has 1 aliphatic rings. The Morgan fingerprint density at radius 1 is 1.33 bits per heavy atom. The van der Waals surface area contributed by atoms with Crippen LogP contribution in [0.4, 0.5) is 8.78 Å². The van der Waals surface area contributed by atoms with Gasteiger partial charge in [0.2, 0.25) is 5.91 Å². The number of halogens is 3. The van der Waals surface area contributed by atoms with E-state index in [9.17, 15) is 13.6 Å². The number of rotatable bonds is 5. The van der Waals surface area contributed by atoms with Gasteiger partial charge in [0, 0.05) is 18.7 Å². The van der Waals surface area contributed by atoms with Gasteiger partial charge in [0.05, 0.1) is 6.10 Å². The van der Waals surface area contributed by atoms with Crippen LogP contribution in [0.1, 0.15) is 18.4 Å². The third-order valence-corrected chi connectivity index (χ3v) is 3.40. The normalized spacial score (nSPS) is 20.9. The standard InChI is InChI=1S/C14H18F2N2O2.ClH/c15-11-2-1-3-12(16)10(11)6-7-18-14(19)13-5-4-9(8-17)20-13;/h1-3,9,13H,4-8,17H2,(H,18,19);1H/t9-,13+;/m1./s1. The van der Waals surface area contributed by atoms with Crippen LogP contribution in [0.5, 0.6) is 0 Å². The molecule has 3 N–H and O–H groups in total. The van der Waals surface area contributed by atoms with E-state index < -0.39 is 17.7 Å². The summed E-state index contributed by atoms with van der Waals surface area (Å²) in [7, 11) is 0. The first-order valence-corrected chi connectivity index (χ1v) is 6.68. The fraction of sp³-hybridized carbons (Fsp3) is 0.500. The van der Waals surface area contributed by atoms with Crippen LogP contribution in [-0.4, -0.2) is 31.2 Å². The highest BCUT2D eigenvalue weighted by atomic mass is 35.5. The van der Waals surface area contributed by atoms with Gasteiger partial charge in [0.25, 0.3) is 0 Å². The first-order chi connectivity index (χ1) is 9.61. The van der Waals surface area contributed by atoms with E-state index in [1.165, 1.54) is 18.2 Å². The summed E-state index contributed by atoms with van der Waals surface area (Å²) < 4.78 is 32.2. The second kappa shape index (κ2) is 8.26. The van der Waals surface area contributed by atoms with Crippen molar-refractivity contribution in [2.75, 3.05) is 13.1 Å². The lowest BCUT2D eigenvalue weighted by atomic mass is 10.1. The molecule has 2 rings (SSSR count). The summed E-state index contributed by atoms with van der Waals surface area (Å²) >= 11 is 0. The van der Waals surface area contributed by atoms with Crippen molar-refractivity contribution in [1.82, 2.24) is 5.32 Å². The van der Waals surface area contributed by atoms with Crippen LogP contribution < -0.4 is 11.1 Å².